The van der Waals surface area contributed by atoms with Crippen LogP contribution in [-0.2, 0) is 24.9 Å². The van der Waals surface area contributed by atoms with Gasteiger partial charge in [-0.05, 0) is 44.5 Å². The van der Waals surface area contributed by atoms with Crippen LogP contribution in [0.2, 0.25) is 0 Å². The first kappa shape index (κ1) is 25.4. The fourth-order valence-electron chi connectivity index (χ4n) is 3.72. The highest BCUT2D eigenvalue weighted by atomic mass is 35.5. The minimum atomic E-state index is -0.390. The van der Waals surface area contributed by atoms with Crippen LogP contribution in [0.4, 0.5) is 0 Å². The van der Waals surface area contributed by atoms with E-state index in [1.165, 1.54) is 31.4 Å². The summed E-state index contributed by atoms with van der Waals surface area (Å²) in [4.78, 5) is 15.1. The van der Waals surface area contributed by atoms with Gasteiger partial charge in [-0.25, -0.2) is 0 Å². The monoisotopic (exact) mass is 441 g/mol. The quantitative estimate of drug-likeness (QED) is 0.692. The second kappa shape index (κ2) is 12.2. The molecule has 1 aliphatic heterocycles. The minimum Gasteiger partial charge on any atom is -0.350 e. The first-order valence-corrected chi connectivity index (χ1v) is 9.82. The standard InChI is InChI=1S/C21H31N5O.2ClH/c1-16-6-4-5-11-26(16)14-18-9-7-17(8-10-18)12-23-21(27)20(22-2)19-13-24-25(3)15-19;;/h7-10,13,15-16,20,22H,4-6,11-12,14H2,1-3H3,(H,23,27);2*1H. The predicted octanol–water partition coefficient (Wildman–Crippen LogP) is 3.22. The molecular weight excluding hydrogens is 409 g/mol. The number of amides is 1. The second-order valence-corrected chi connectivity index (χ2v) is 7.52. The Hall–Kier alpha value is -1.60. The molecule has 0 saturated carbocycles. The highest BCUT2D eigenvalue weighted by Gasteiger charge is 2.20. The summed E-state index contributed by atoms with van der Waals surface area (Å²) in [6.45, 7) is 5.05. The molecule has 29 heavy (non-hydrogen) atoms. The average Bonchev–Trinajstić information content (AvgIpc) is 3.09. The van der Waals surface area contributed by atoms with Crippen LogP contribution < -0.4 is 10.6 Å². The van der Waals surface area contributed by atoms with Crippen LogP contribution >= 0.6 is 24.8 Å². The van der Waals surface area contributed by atoms with Gasteiger partial charge in [0, 0.05) is 37.9 Å². The van der Waals surface area contributed by atoms with E-state index in [0.717, 1.165) is 17.7 Å². The fourth-order valence-corrected chi connectivity index (χ4v) is 3.72. The Labute approximate surface area is 186 Å². The lowest BCUT2D eigenvalue weighted by atomic mass is 10.0. The smallest absolute Gasteiger partial charge is 0.242 e. The summed E-state index contributed by atoms with van der Waals surface area (Å²) in [5, 5.41) is 10.2. The van der Waals surface area contributed by atoms with Crippen molar-refractivity contribution in [3.05, 3.63) is 53.3 Å². The zero-order chi connectivity index (χ0) is 19.2. The third-order valence-electron chi connectivity index (χ3n) is 5.42. The van der Waals surface area contributed by atoms with Crippen molar-refractivity contribution >= 4 is 30.7 Å². The molecule has 6 nitrogen and oxygen atoms in total. The van der Waals surface area contributed by atoms with Crippen molar-refractivity contribution in [2.24, 2.45) is 7.05 Å². The number of halogens is 2. The number of carbonyl (C=O) groups is 1. The first-order valence-electron chi connectivity index (χ1n) is 9.82. The average molecular weight is 442 g/mol. The predicted molar refractivity (Wildman–Crippen MR) is 122 cm³/mol. The zero-order valence-electron chi connectivity index (χ0n) is 17.4. The van der Waals surface area contributed by atoms with Gasteiger partial charge in [0.05, 0.1) is 6.20 Å². The normalized spacial score (nSPS) is 17.7. The van der Waals surface area contributed by atoms with E-state index >= 15 is 0 Å². The summed E-state index contributed by atoms with van der Waals surface area (Å²) in [7, 11) is 3.63. The molecule has 1 aromatic carbocycles. The van der Waals surface area contributed by atoms with Gasteiger partial charge in [-0.1, -0.05) is 30.7 Å². The molecule has 2 heterocycles. The molecule has 0 bridgehead atoms. The minimum absolute atomic E-state index is 0. The number of rotatable bonds is 7. The molecular formula is C21H33Cl2N5O. The van der Waals surface area contributed by atoms with Gasteiger partial charge in [0.25, 0.3) is 0 Å². The summed E-state index contributed by atoms with van der Waals surface area (Å²) in [6, 6.07) is 8.87. The van der Waals surface area contributed by atoms with Gasteiger partial charge in [0.1, 0.15) is 6.04 Å². The number of hydrogen-bond acceptors (Lipinski definition) is 4. The van der Waals surface area contributed by atoms with Gasteiger partial charge in [0.15, 0.2) is 0 Å². The Morgan fingerprint density at radius 1 is 1.21 bits per heavy atom. The van der Waals surface area contributed by atoms with Gasteiger partial charge < -0.3 is 10.6 Å². The summed E-state index contributed by atoms with van der Waals surface area (Å²) >= 11 is 0. The van der Waals surface area contributed by atoms with E-state index in [1.807, 2.05) is 13.2 Å². The van der Waals surface area contributed by atoms with E-state index < -0.39 is 6.04 Å². The van der Waals surface area contributed by atoms with Crippen molar-refractivity contribution in [1.29, 1.82) is 0 Å². The number of nitrogens with zero attached hydrogens (tertiary/aromatic N) is 3. The number of aryl methyl sites for hydroxylation is 1. The van der Waals surface area contributed by atoms with E-state index in [2.05, 4.69) is 51.8 Å². The molecule has 3 rings (SSSR count). The number of likely N-dealkylation sites (N-methyl/N-ethyl adjacent to an activating group) is 1. The van der Waals surface area contributed by atoms with Crippen LogP contribution in [0.1, 0.15) is 48.9 Å². The van der Waals surface area contributed by atoms with Crippen LogP contribution in [-0.4, -0.2) is 40.2 Å². The van der Waals surface area contributed by atoms with E-state index in [0.29, 0.717) is 12.6 Å². The van der Waals surface area contributed by atoms with Crippen LogP contribution in [0, 0.1) is 0 Å². The van der Waals surface area contributed by atoms with Gasteiger partial charge in [-0.2, -0.15) is 5.10 Å². The second-order valence-electron chi connectivity index (χ2n) is 7.52. The lowest BCUT2D eigenvalue weighted by molar-refractivity contribution is -0.123. The van der Waals surface area contributed by atoms with E-state index in [4.69, 9.17) is 0 Å². The number of benzene rings is 1. The van der Waals surface area contributed by atoms with Crippen molar-refractivity contribution in [3.63, 3.8) is 0 Å². The Balaban J connectivity index is 0.00000210. The number of nitrogens with one attached hydrogen (secondary N) is 2. The highest BCUT2D eigenvalue weighted by molar-refractivity contribution is 5.85. The van der Waals surface area contributed by atoms with E-state index in [1.54, 1.807) is 17.9 Å². The molecule has 2 N–H and O–H groups in total. The highest BCUT2D eigenvalue weighted by Crippen LogP contribution is 2.19. The lowest BCUT2D eigenvalue weighted by Gasteiger charge is -2.33. The molecule has 0 aliphatic carbocycles. The number of carbonyl (C=O) groups excluding carboxylic acids is 1. The maximum atomic E-state index is 12.5. The zero-order valence-corrected chi connectivity index (χ0v) is 19.1. The van der Waals surface area contributed by atoms with Crippen LogP contribution in [0.15, 0.2) is 36.7 Å². The maximum Gasteiger partial charge on any atom is 0.242 e. The summed E-state index contributed by atoms with van der Waals surface area (Å²) in [6.07, 6.45) is 7.53. The molecule has 162 valence electrons. The Morgan fingerprint density at radius 3 is 2.48 bits per heavy atom. The van der Waals surface area contributed by atoms with Crippen molar-refractivity contribution in [2.75, 3.05) is 13.6 Å². The Bertz CT molecular complexity index is 750. The maximum absolute atomic E-state index is 12.5. The largest absolute Gasteiger partial charge is 0.350 e. The van der Waals surface area contributed by atoms with Crippen molar-refractivity contribution in [2.45, 2.75) is 51.4 Å². The van der Waals surface area contributed by atoms with Crippen LogP contribution in [0.5, 0.6) is 0 Å². The molecule has 0 spiro atoms. The van der Waals surface area contributed by atoms with Crippen LogP contribution in [0.3, 0.4) is 0 Å². The van der Waals surface area contributed by atoms with E-state index in [-0.39, 0.29) is 30.7 Å². The molecule has 2 aromatic rings. The summed E-state index contributed by atoms with van der Waals surface area (Å²) < 4.78 is 1.70. The van der Waals surface area contributed by atoms with Gasteiger partial charge in [0.2, 0.25) is 5.91 Å². The first-order chi connectivity index (χ1) is 13.1. The Kier molecular flexibility index (Phi) is 10.7. The molecule has 1 aliphatic rings. The lowest BCUT2D eigenvalue weighted by Crippen LogP contribution is -2.36. The topological polar surface area (TPSA) is 62.2 Å². The fraction of sp³-hybridized carbons (Fsp3) is 0.524. The molecule has 1 aromatic heterocycles. The summed E-state index contributed by atoms with van der Waals surface area (Å²) in [5.41, 5.74) is 3.31. The van der Waals surface area contributed by atoms with Gasteiger partial charge in [-0.15, -0.1) is 24.8 Å². The van der Waals surface area contributed by atoms with Crippen molar-refractivity contribution < 1.29 is 4.79 Å². The van der Waals surface area contributed by atoms with E-state index in [9.17, 15) is 4.79 Å². The summed E-state index contributed by atoms with van der Waals surface area (Å²) in [5.74, 6) is -0.0447. The molecule has 8 heteroatoms. The molecule has 1 fully saturated rings. The molecule has 2 unspecified atom stereocenters. The number of aromatic nitrogens is 2. The number of piperidine rings is 1. The molecule has 2 atom stereocenters. The number of likely N-dealkylation sites (tertiary alicyclic amines) is 1. The van der Waals surface area contributed by atoms with Crippen molar-refractivity contribution in [1.82, 2.24) is 25.3 Å². The molecule has 0 radical (unpaired) electrons. The van der Waals surface area contributed by atoms with Gasteiger partial charge >= 0.3 is 0 Å². The third kappa shape index (κ3) is 7.00. The SMILES string of the molecule is CNC(C(=O)NCc1ccc(CN2CCCCC2C)cc1)c1cnn(C)c1.Cl.Cl. The number of hydrogen-bond donors (Lipinski definition) is 2. The van der Waals surface area contributed by atoms with Crippen molar-refractivity contribution in [3.8, 4) is 0 Å². The molecule has 1 amide bonds. The third-order valence-corrected chi connectivity index (χ3v) is 5.42. The van der Waals surface area contributed by atoms with Gasteiger partial charge in [-0.3, -0.25) is 14.4 Å². The molecule has 1 saturated heterocycles. The van der Waals surface area contributed by atoms with Crippen LogP contribution in [0.25, 0.3) is 0 Å². The Morgan fingerprint density at radius 2 is 1.90 bits per heavy atom.